The minimum atomic E-state index is -3.26. The molecular formula is C8H16F2N2O3. The van der Waals surface area contributed by atoms with Crippen molar-refractivity contribution in [2.75, 3.05) is 40.0 Å². The second-order valence-electron chi connectivity index (χ2n) is 2.96. The van der Waals surface area contributed by atoms with Crippen molar-refractivity contribution in [2.45, 2.75) is 5.92 Å². The predicted octanol–water partition coefficient (Wildman–Crippen LogP) is -1.03. The largest absolute Gasteiger partial charge is 0.390 e. The Bertz CT molecular complexity index is 191. The number of rotatable bonds is 8. The van der Waals surface area contributed by atoms with E-state index in [1.54, 1.807) is 0 Å². The van der Waals surface area contributed by atoms with Crippen molar-refractivity contribution < 1.29 is 23.4 Å². The van der Waals surface area contributed by atoms with Gasteiger partial charge in [0.15, 0.2) is 0 Å². The first-order valence-corrected chi connectivity index (χ1v) is 4.47. The number of halogens is 2. The molecule has 7 heteroatoms. The molecule has 0 aliphatic rings. The molecule has 3 N–H and O–H groups in total. The van der Waals surface area contributed by atoms with Crippen molar-refractivity contribution in [1.82, 2.24) is 10.6 Å². The van der Waals surface area contributed by atoms with Gasteiger partial charge in [-0.15, -0.1) is 0 Å². The Morgan fingerprint density at radius 2 is 2.20 bits per heavy atom. The van der Waals surface area contributed by atoms with Gasteiger partial charge in [0, 0.05) is 13.7 Å². The van der Waals surface area contributed by atoms with Crippen molar-refractivity contribution in [3.63, 3.8) is 0 Å². The van der Waals surface area contributed by atoms with Crippen molar-refractivity contribution >= 4 is 5.91 Å². The van der Waals surface area contributed by atoms with Crippen molar-refractivity contribution in [2.24, 2.45) is 0 Å². The Morgan fingerprint density at radius 1 is 1.53 bits per heavy atom. The van der Waals surface area contributed by atoms with Gasteiger partial charge >= 0.3 is 0 Å². The molecule has 0 aromatic heterocycles. The van der Waals surface area contributed by atoms with Crippen molar-refractivity contribution in [3.8, 4) is 0 Å². The topological polar surface area (TPSA) is 70.6 Å². The number of hydrogen-bond acceptors (Lipinski definition) is 4. The Kier molecular flexibility index (Phi) is 7.10. The molecule has 0 atom stereocenters. The lowest BCUT2D eigenvalue weighted by Crippen LogP contribution is -2.42. The third-order valence-corrected chi connectivity index (χ3v) is 1.54. The molecule has 5 nitrogen and oxygen atoms in total. The summed E-state index contributed by atoms with van der Waals surface area (Å²) in [6, 6.07) is 0. The standard InChI is InChI=1S/C8H16F2N2O3/c1-15-3-2-11-4-7(14)12-5-8(9,10)6-13/h11,13H,2-6H2,1H3,(H,12,14). The van der Waals surface area contributed by atoms with Gasteiger partial charge in [-0.2, -0.15) is 0 Å². The zero-order valence-electron chi connectivity index (χ0n) is 8.56. The minimum Gasteiger partial charge on any atom is -0.390 e. The van der Waals surface area contributed by atoms with Crippen LogP contribution in [0.1, 0.15) is 0 Å². The third-order valence-electron chi connectivity index (χ3n) is 1.54. The van der Waals surface area contributed by atoms with E-state index in [-0.39, 0.29) is 6.54 Å². The van der Waals surface area contributed by atoms with Crippen LogP contribution in [-0.2, 0) is 9.53 Å². The molecule has 1 amide bonds. The van der Waals surface area contributed by atoms with Crippen LogP contribution in [0.5, 0.6) is 0 Å². The lowest BCUT2D eigenvalue weighted by Gasteiger charge is -2.13. The highest BCUT2D eigenvalue weighted by molar-refractivity contribution is 5.78. The zero-order valence-corrected chi connectivity index (χ0v) is 8.56. The molecule has 0 unspecified atom stereocenters. The Hall–Kier alpha value is -0.790. The molecule has 0 rings (SSSR count). The number of alkyl halides is 2. The summed E-state index contributed by atoms with van der Waals surface area (Å²) in [7, 11) is 1.52. The van der Waals surface area contributed by atoms with E-state index in [9.17, 15) is 13.6 Å². The van der Waals surface area contributed by atoms with Gasteiger partial charge in [-0.1, -0.05) is 0 Å². The summed E-state index contributed by atoms with van der Waals surface area (Å²) in [5.74, 6) is -3.80. The van der Waals surface area contributed by atoms with E-state index in [0.29, 0.717) is 13.2 Å². The summed E-state index contributed by atoms with van der Waals surface area (Å²) < 4.78 is 29.6. The van der Waals surface area contributed by atoms with Crippen molar-refractivity contribution in [1.29, 1.82) is 0 Å². The maximum absolute atomic E-state index is 12.5. The second-order valence-corrected chi connectivity index (χ2v) is 2.96. The summed E-state index contributed by atoms with van der Waals surface area (Å²) in [6.45, 7) is -1.26. The zero-order chi connectivity index (χ0) is 11.7. The van der Waals surface area contributed by atoms with E-state index in [1.165, 1.54) is 7.11 Å². The average molecular weight is 226 g/mol. The van der Waals surface area contributed by atoms with Crippen molar-refractivity contribution in [3.05, 3.63) is 0 Å². The number of hydrogen-bond donors (Lipinski definition) is 3. The Morgan fingerprint density at radius 3 is 2.73 bits per heavy atom. The first-order chi connectivity index (χ1) is 7.02. The lowest BCUT2D eigenvalue weighted by atomic mass is 10.3. The second kappa shape index (κ2) is 7.49. The molecule has 0 radical (unpaired) electrons. The highest BCUT2D eigenvalue weighted by atomic mass is 19.3. The molecule has 0 saturated heterocycles. The SMILES string of the molecule is COCCNCC(=O)NCC(F)(F)CO. The van der Waals surface area contributed by atoms with E-state index in [2.05, 4.69) is 5.32 Å². The van der Waals surface area contributed by atoms with Crippen LogP contribution in [0, 0.1) is 0 Å². The summed E-state index contributed by atoms with van der Waals surface area (Å²) in [6.07, 6.45) is 0. The van der Waals surface area contributed by atoms with Crippen LogP contribution in [0.3, 0.4) is 0 Å². The molecule has 0 bridgehead atoms. The van der Waals surface area contributed by atoms with Gasteiger partial charge in [0.25, 0.3) is 5.92 Å². The monoisotopic (exact) mass is 226 g/mol. The predicted molar refractivity (Wildman–Crippen MR) is 49.8 cm³/mol. The molecule has 0 spiro atoms. The number of aliphatic hydroxyl groups is 1. The summed E-state index contributed by atoms with van der Waals surface area (Å²) in [5.41, 5.74) is 0. The smallest absolute Gasteiger partial charge is 0.287 e. The van der Waals surface area contributed by atoms with Crippen LogP contribution in [0.4, 0.5) is 8.78 Å². The molecule has 0 aliphatic carbocycles. The van der Waals surface area contributed by atoms with Gasteiger partial charge in [0.2, 0.25) is 5.91 Å². The Labute approximate surface area is 86.8 Å². The fourth-order valence-electron chi connectivity index (χ4n) is 0.722. The number of carbonyl (C=O) groups is 1. The average Bonchev–Trinajstić information content (AvgIpc) is 2.22. The van der Waals surface area contributed by atoms with Gasteiger partial charge in [-0.3, -0.25) is 4.79 Å². The van der Waals surface area contributed by atoms with Crippen LogP contribution in [0.15, 0.2) is 0 Å². The van der Waals surface area contributed by atoms with Crippen LogP contribution < -0.4 is 10.6 Å². The van der Waals surface area contributed by atoms with Crippen LogP contribution in [0.2, 0.25) is 0 Å². The van der Waals surface area contributed by atoms with E-state index < -0.39 is 25.0 Å². The highest BCUT2D eigenvalue weighted by Crippen LogP contribution is 2.09. The fraction of sp³-hybridized carbons (Fsp3) is 0.875. The van der Waals surface area contributed by atoms with Crippen LogP contribution in [0.25, 0.3) is 0 Å². The van der Waals surface area contributed by atoms with Gasteiger partial charge in [0.1, 0.15) is 6.61 Å². The summed E-state index contributed by atoms with van der Waals surface area (Å²) >= 11 is 0. The van der Waals surface area contributed by atoms with Gasteiger partial charge in [0.05, 0.1) is 19.7 Å². The molecule has 15 heavy (non-hydrogen) atoms. The molecule has 0 aromatic carbocycles. The van der Waals surface area contributed by atoms with Crippen LogP contribution >= 0.6 is 0 Å². The van der Waals surface area contributed by atoms with Crippen LogP contribution in [-0.4, -0.2) is 56.9 Å². The number of ether oxygens (including phenoxy) is 1. The molecule has 0 aliphatic heterocycles. The van der Waals surface area contributed by atoms with E-state index in [4.69, 9.17) is 9.84 Å². The number of aliphatic hydroxyl groups excluding tert-OH is 1. The first kappa shape index (κ1) is 14.2. The molecule has 0 aromatic rings. The molecule has 0 fully saturated rings. The number of methoxy groups -OCH3 is 1. The number of nitrogens with one attached hydrogen (secondary N) is 2. The summed E-state index contributed by atoms with van der Waals surface area (Å²) in [5, 5.41) is 12.9. The summed E-state index contributed by atoms with van der Waals surface area (Å²) in [4.78, 5) is 10.9. The lowest BCUT2D eigenvalue weighted by molar-refractivity contribution is -0.123. The fourth-order valence-corrected chi connectivity index (χ4v) is 0.722. The minimum absolute atomic E-state index is 0.0507. The van der Waals surface area contributed by atoms with E-state index in [0.717, 1.165) is 0 Å². The van der Waals surface area contributed by atoms with Gasteiger partial charge < -0.3 is 20.5 Å². The first-order valence-electron chi connectivity index (χ1n) is 4.47. The number of carbonyl (C=O) groups excluding carboxylic acids is 1. The normalized spacial score (nSPS) is 11.5. The molecular weight excluding hydrogens is 210 g/mol. The Balaban J connectivity index is 3.49. The molecule has 0 heterocycles. The third kappa shape index (κ3) is 8.22. The maximum Gasteiger partial charge on any atom is 0.287 e. The number of amides is 1. The van der Waals surface area contributed by atoms with Gasteiger partial charge in [-0.05, 0) is 0 Å². The molecule has 90 valence electrons. The maximum atomic E-state index is 12.5. The quantitative estimate of drug-likeness (QED) is 0.463. The van der Waals surface area contributed by atoms with E-state index >= 15 is 0 Å². The van der Waals surface area contributed by atoms with E-state index in [1.807, 2.05) is 5.32 Å². The molecule has 0 saturated carbocycles. The highest BCUT2D eigenvalue weighted by Gasteiger charge is 2.27. The van der Waals surface area contributed by atoms with Gasteiger partial charge in [-0.25, -0.2) is 8.78 Å².